The van der Waals surface area contributed by atoms with Gasteiger partial charge in [0.1, 0.15) is 5.54 Å². The van der Waals surface area contributed by atoms with Crippen molar-refractivity contribution in [1.82, 2.24) is 4.90 Å². The van der Waals surface area contributed by atoms with E-state index in [1.807, 2.05) is 6.92 Å². The number of hydrogen-bond acceptors (Lipinski definition) is 3. The first-order chi connectivity index (χ1) is 9.98. The predicted octanol–water partition coefficient (Wildman–Crippen LogP) is 2.61. The van der Waals surface area contributed by atoms with Crippen molar-refractivity contribution < 1.29 is 14.7 Å². The Morgan fingerprint density at radius 1 is 1.48 bits per heavy atom. The van der Waals surface area contributed by atoms with Crippen molar-refractivity contribution in [1.29, 1.82) is 0 Å². The Hall–Kier alpha value is -1.59. The number of carbonyl (C=O) groups excluding carboxylic acids is 1. The highest BCUT2D eigenvalue weighted by atomic mass is 35.5. The van der Waals surface area contributed by atoms with Crippen LogP contribution < -0.4 is 5.32 Å². The summed E-state index contributed by atoms with van der Waals surface area (Å²) in [6.07, 6.45) is 1.88. The molecule has 1 aliphatic heterocycles. The molecule has 1 aliphatic rings. The van der Waals surface area contributed by atoms with Gasteiger partial charge in [-0.25, -0.2) is 0 Å². The van der Waals surface area contributed by atoms with Crippen molar-refractivity contribution >= 4 is 29.2 Å². The van der Waals surface area contributed by atoms with Gasteiger partial charge in [-0.05, 0) is 44.0 Å². The molecule has 1 atom stereocenters. The average Bonchev–Trinajstić information content (AvgIpc) is 2.82. The van der Waals surface area contributed by atoms with E-state index in [1.54, 1.807) is 29.2 Å². The second-order valence-corrected chi connectivity index (χ2v) is 5.71. The first kappa shape index (κ1) is 15.8. The lowest BCUT2D eigenvalue weighted by Gasteiger charge is -2.33. The minimum absolute atomic E-state index is 0.0760. The Balaban J connectivity index is 2.03. The van der Waals surface area contributed by atoms with Crippen LogP contribution in [0.15, 0.2) is 24.3 Å². The fourth-order valence-electron chi connectivity index (χ4n) is 2.90. The first-order valence-electron chi connectivity index (χ1n) is 7.02. The van der Waals surface area contributed by atoms with E-state index in [0.29, 0.717) is 30.1 Å². The number of amides is 1. The molecule has 0 radical (unpaired) electrons. The maximum absolute atomic E-state index is 12.1. The van der Waals surface area contributed by atoms with Gasteiger partial charge in [-0.1, -0.05) is 24.6 Å². The fourth-order valence-corrected chi connectivity index (χ4v) is 3.09. The number of anilines is 1. The van der Waals surface area contributed by atoms with E-state index in [1.165, 1.54) is 0 Å². The molecule has 1 fully saturated rings. The summed E-state index contributed by atoms with van der Waals surface area (Å²) >= 11 is 5.87. The molecule has 0 aromatic heterocycles. The van der Waals surface area contributed by atoms with Gasteiger partial charge in [0.25, 0.3) is 0 Å². The van der Waals surface area contributed by atoms with Crippen molar-refractivity contribution in [2.24, 2.45) is 0 Å². The summed E-state index contributed by atoms with van der Waals surface area (Å²) < 4.78 is 0. The van der Waals surface area contributed by atoms with Crippen LogP contribution in [0.2, 0.25) is 5.02 Å². The topological polar surface area (TPSA) is 69.6 Å². The molecule has 2 rings (SSSR count). The van der Waals surface area contributed by atoms with Gasteiger partial charge in [0.2, 0.25) is 5.91 Å². The number of benzene rings is 1. The molecule has 1 aromatic carbocycles. The first-order valence-corrected chi connectivity index (χ1v) is 7.39. The molecular weight excluding hydrogens is 292 g/mol. The van der Waals surface area contributed by atoms with E-state index in [-0.39, 0.29) is 12.5 Å². The zero-order valence-electron chi connectivity index (χ0n) is 11.9. The predicted molar refractivity (Wildman–Crippen MR) is 81.5 cm³/mol. The number of rotatable bonds is 5. The van der Waals surface area contributed by atoms with E-state index >= 15 is 0 Å². The Bertz CT molecular complexity index is 549. The van der Waals surface area contributed by atoms with Crippen molar-refractivity contribution in [3.05, 3.63) is 29.3 Å². The quantitative estimate of drug-likeness (QED) is 0.877. The summed E-state index contributed by atoms with van der Waals surface area (Å²) in [6, 6.07) is 6.89. The third kappa shape index (κ3) is 3.36. The van der Waals surface area contributed by atoms with Crippen molar-refractivity contribution in [3.8, 4) is 0 Å². The highest BCUT2D eigenvalue weighted by Crippen LogP contribution is 2.32. The largest absolute Gasteiger partial charge is 0.480 e. The zero-order chi connectivity index (χ0) is 15.5. The fraction of sp³-hybridized carbons (Fsp3) is 0.467. The summed E-state index contributed by atoms with van der Waals surface area (Å²) in [5.41, 5.74) is -0.296. The van der Waals surface area contributed by atoms with Gasteiger partial charge in [0.15, 0.2) is 0 Å². The number of likely N-dealkylation sites (tertiary alicyclic amines) is 1. The van der Waals surface area contributed by atoms with E-state index in [0.717, 1.165) is 6.42 Å². The summed E-state index contributed by atoms with van der Waals surface area (Å²) in [7, 11) is 0. The standard InChI is InChI=1S/C15H19ClN2O3/c1-2-15(14(20)21)7-4-8-18(15)10-13(19)17-12-6-3-5-11(16)9-12/h3,5-6,9H,2,4,7-8,10H2,1H3,(H,17,19)(H,20,21). The molecule has 21 heavy (non-hydrogen) atoms. The highest BCUT2D eigenvalue weighted by molar-refractivity contribution is 6.30. The molecule has 1 unspecified atom stereocenters. The molecule has 0 bridgehead atoms. The highest BCUT2D eigenvalue weighted by Gasteiger charge is 2.46. The number of carboxylic acids is 1. The molecule has 1 saturated heterocycles. The lowest BCUT2D eigenvalue weighted by molar-refractivity contribution is -0.150. The molecule has 0 spiro atoms. The molecule has 5 nitrogen and oxygen atoms in total. The molecular formula is C15H19ClN2O3. The van der Waals surface area contributed by atoms with Crippen LogP contribution in [0.4, 0.5) is 5.69 Å². The maximum atomic E-state index is 12.1. The number of hydrogen-bond donors (Lipinski definition) is 2. The summed E-state index contributed by atoms with van der Waals surface area (Å²) in [5, 5.41) is 12.8. The number of nitrogens with zero attached hydrogens (tertiary/aromatic N) is 1. The second kappa shape index (κ2) is 6.45. The van der Waals surface area contributed by atoms with Gasteiger partial charge in [-0.15, -0.1) is 0 Å². The Labute approximate surface area is 128 Å². The average molecular weight is 311 g/mol. The van der Waals surface area contributed by atoms with Gasteiger partial charge in [-0.3, -0.25) is 14.5 Å². The van der Waals surface area contributed by atoms with Crippen LogP contribution >= 0.6 is 11.6 Å². The van der Waals surface area contributed by atoms with Gasteiger partial charge >= 0.3 is 5.97 Å². The van der Waals surface area contributed by atoms with Crippen LogP contribution in [0.1, 0.15) is 26.2 Å². The van der Waals surface area contributed by atoms with Crippen LogP contribution in [0.25, 0.3) is 0 Å². The zero-order valence-corrected chi connectivity index (χ0v) is 12.7. The number of carbonyl (C=O) groups is 2. The van der Waals surface area contributed by atoms with Crippen LogP contribution in [-0.2, 0) is 9.59 Å². The molecule has 6 heteroatoms. The molecule has 1 aromatic rings. The van der Waals surface area contributed by atoms with Gasteiger partial charge in [0, 0.05) is 10.7 Å². The molecule has 1 heterocycles. The summed E-state index contributed by atoms with van der Waals surface area (Å²) in [6.45, 7) is 2.55. The molecule has 1 amide bonds. The van der Waals surface area contributed by atoms with E-state index in [4.69, 9.17) is 11.6 Å². The van der Waals surface area contributed by atoms with Gasteiger partial charge in [0.05, 0.1) is 6.54 Å². The molecule has 2 N–H and O–H groups in total. The number of aliphatic carboxylic acids is 1. The number of halogens is 1. The maximum Gasteiger partial charge on any atom is 0.324 e. The van der Waals surface area contributed by atoms with Crippen LogP contribution in [0, 0.1) is 0 Å². The molecule has 0 saturated carbocycles. The second-order valence-electron chi connectivity index (χ2n) is 5.27. The molecule has 0 aliphatic carbocycles. The smallest absolute Gasteiger partial charge is 0.324 e. The monoisotopic (exact) mass is 310 g/mol. The summed E-state index contributed by atoms with van der Waals surface area (Å²) in [4.78, 5) is 25.4. The van der Waals surface area contributed by atoms with Crippen molar-refractivity contribution in [3.63, 3.8) is 0 Å². The minimum Gasteiger partial charge on any atom is -0.480 e. The lowest BCUT2D eigenvalue weighted by Crippen LogP contribution is -2.52. The Kier molecular flexibility index (Phi) is 4.85. The Morgan fingerprint density at radius 2 is 2.24 bits per heavy atom. The molecule has 114 valence electrons. The number of carboxylic acid groups (broad SMARTS) is 1. The lowest BCUT2D eigenvalue weighted by atomic mass is 9.93. The van der Waals surface area contributed by atoms with Crippen LogP contribution in [0.3, 0.4) is 0 Å². The third-order valence-corrected chi connectivity index (χ3v) is 4.28. The Morgan fingerprint density at radius 3 is 2.86 bits per heavy atom. The van der Waals surface area contributed by atoms with Gasteiger partial charge in [-0.2, -0.15) is 0 Å². The normalized spacial score (nSPS) is 22.2. The van der Waals surface area contributed by atoms with E-state index < -0.39 is 11.5 Å². The van der Waals surface area contributed by atoms with Crippen LogP contribution in [0.5, 0.6) is 0 Å². The number of nitrogens with one attached hydrogen (secondary N) is 1. The third-order valence-electron chi connectivity index (χ3n) is 4.05. The van der Waals surface area contributed by atoms with E-state index in [2.05, 4.69) is 5.32 Å². The van der Waals surface area contributed by atoms with E-state index in [9.17, 15) is 14.7 Å². The van der Waals surface area contributed by atoms with Crippen molar-refractivity contribution in [2.45, 2.75) is 31.7 Å². The minimum atomic E-state index is -0.911. The SMILES string of the molecule is CCC1(C(=O)O)CCCN1CC(=O)Nc1cccc(Cl)c1. The van der Waals surface area contributed by atoms with Crippen molar-refractivity contribution in [2.75, 3.05) is 18.4 Å². The summed E-state index contributed by atoms with van der Waals surface area (Å²) in [5.74, 6) is -1.07. The van der Waals surface area contributed by atoms with Crippen LogP contribution in [-0.4, -0.2) is 40.5 Å². The van der Waals surface area contributed by atoms with Gasteiger partial charge < -0.3 is 10.4 Å².